The van der Waals surface area contributed by atoms with Crippen LogP contribution in [0.15, 0.2) is 18.2 Å². The molecule has 0 fully saturated rings. The smallest absolute Gasteiger partial charge is 1.00 e. The van der Waals surface area contributed by atoms with E-state index in [4.69, 9.17) is 9.47 Å². The van der Waals surface area contributed by atoms with Gasteiger partial charge < -0.3 is 33.5 Å². The van der Waals surface area contributed by atoms with Crippen molar-refractivity contribution in [3.63, 3.8) is 0 Å². The molecule has 0 saturated carbocycles. The maximum atomic E-state index is 5.22. The summed E-state index contributed by atoms with van der Waals surface area (Å²) >= 11 is 0. The van der Waals surface area contributed by atoms with Gasteiger partial charge in [0.1, 0.15) is 0 Å². The molecular formula is C11H15IMgO2. The topological polar surface area (TPSA) is 18.5 Å². The van der Waals surface area contributed by atoms with Gasteiger partial charge in [-0.3, -0.25) is 0 Å². The van der Waals surface area contributed by atoms with E-state index in [0.29, 0.717) is 0 Å². The van der Waals surface area contributed by atoms with Crippen LogP contribution in [0.4, 0.5) is 0 Å². The molecule has 1 aromatic rings. The van der Waals surface area contributed by atoms with E-state index in [9.17, 15) is 0 Å². The van der Waals surface area contributed by atoms with Crippen LogP contribution in [0, 0.1) is 6.07 Å². The van der Waals surface area contributed by atoms with E-state index < -0.39 is 0 Å². The third kappa shape index (κ3) is 6.60. The van der Waals surface area contributed by atoms with Crippen LogP contribution >= 0.6 is 0 Å². The fourth-order valence-electron chi connectivity index (χ4n) is 1.25. The third-order valence-electron chi connectivity index (χ3n) is 1.92. The van der Waals surface area contributed by atoms with E-state index in [1.54, 1.807) is 14.2 Å². The standard InChI is InChI=1S/C11H15O2.HI.Mg/c1-12-9-5-7-10-6-3-4-8-11(10)13-2;;/h4,6,8H,5,7,9H2,1-2H3;1H;/q-1;;+2/p-1. The average molecular weight is 330 g/mol. The monoisotopic (exact) mass is 330 g/mol. The molecule has 0 spiro atoms. The largest absolute Gasteiger partial charge is 2.00 e. The Kier molecular flexibility index (Phi) is 13.1. The number of halogens is 1. The summed E-state index contributed by atoms with van der Waals surface area (Å²) in [7, 11) is 3.41. The summed E-state index contributed by atoms with van der Waals surface area (Å²) in [6.45, 7) is 0.790. The van der Waals surface area contributed by atoms with Crippen molar-refractivity contribution in [1.82, 2.24) is 0 Å². The molecule has 0 aliphatic rings. The van der Waals surface area contributed by atoms with Gasteiger partial charge in [0.2, 0.25) is 0 Å². The van der Waals surface area contributed by atoms with Crippen molar-refractivity contribution >= 4 is 23.1 Å². The van der Waals surface area contributed by atoms with Gasteiger partial charge in [-0.15, -0.1) is 11.6 Å². The second-order valence-electron chi connectivity index (χ2n) is 2.83. The van der Waals surface area contributed by atoms with E-state index >= 15 is 0 Å². The van der Waals surface area contributed by atoms with Crippen LogP contribution in [0.5, 0.6) is 5.75 Å². The van der Waals surface area contributed by atoms with Crippen molar-refractivity contribution in [1.29, 1.82) is 0 Å². The molecule has 1 aromatic carbocycles. The number of ether oxygens (including phenoxy) is 2. The normalized spacial score (nSPS) is 8.67. The number of hydrogen-bond donors (Lipinski definition) is 0. The van der Waals surface area contributed by atoms with E-state index in [1.807, 2.05) is 18.2 Å². The summed E-state index contributed by atoms with van der Waals surface area (Å²) in [6.07, 6.45) is 2.00. The van der Waals surface area contributed by atoms with Gasteiger partial charge in [0.05, 0.1) is 7.11 Å². The molecule has 1 rings (SSSR count). The molecule has 0 amide bonds. The third-order valence-corrected chi connectivity index (χ3v) is 1.92. The molecule has 2 nitrogen and oxygen atoms in total. The first-order chi connectivity index (χ1) is 6.38. The molecule has 0 aliphatic carbocycles. The van der Waals surface area contributed by atoms with Gasteiger partial charge in [-0.2, -0.15) is 18.2 Å². The first-order valence-corrected chi connectivity index (χ1v) is 4.40. The molecule has 4 heteroatoms. The van der Waals surface area contributed by atoms with E-state index in [0.717, 1.165) is 25.2 Å². The van der Waals surface area contributed by atoms with Gasteiger partial charge in [0.25, 0.3) is 0 Å². The van der Waals surface area contributed by atoms with Crippen LogP contribution in [0.25, 0.3) is 0 Å². The summed E-state index contributed by atoms with van der Waals surface area (Å²) in [4.78, 5) is 0. The number of rotatable bonds is 5. The minimum absolute atomic E-state index is 0. The van der Waals surface area contributed by atoms with Gasteiger partial charge in [-0.1, -0.05) is 6.42 Å². The Morgan fingerprint density at radius 1 is 1.33 bits per heavy atom. The Bertz CT molecular complexity index is 256. The number of benzene rings is 1. The zero-order chi connectivity index (χ0) is 9.52. The van der Waals surface area contributed by atoms with Crippen molar-refractivity contribution in [3.8, 4) is 5.75 Å². The summed E-state index contributed by atoms with van der Waals surface area (Å²) < 4.78 is 10.2. The Labute approximate surface area is 125 Å². The van der Waals surface area contributed by atoms with Gasteiger partial charge >= 0.3 is 23.1 Å². The maximum Gasteiger partial charge on any atom is 2.00 e. The first kappa shape index (κ1) is 17.9. The van der Waals surface area contributed by atoms with Crippen molar-refractivity contribution in [3.05, 3.63) is 29.8 Å². The van der Waals surface area contributed by atoms with Crippen molar-refractivity contribution < 1.29 is 33.5 Å². The molecule has 0 aromatic heterocycles. The molecule has 0 N–H and O–H groups in total. The molecule has 0 radical (unpaired) electrons. The van der Waals surface area contributed by atoms with Crippen LogP contribution in [-0.2, 0) is 11.2 Å². The summed E-state index contributed by atoms with van der Waals surface area (Å²) in [5, 5.41) is 0. The van der Waals surface area contributed by atoms with Gasteiger partial charge in [-0.25, -0.2) is 0 Å². The summed E-state index contributed by atoms with van der Waals surface area (Å²) in [5.74, 6) is 0.940. The van der Waals surface area contributed by atoms with E-state index in [-0.39, 0.29) is 47.0 Å². The quantitative estimate of drug-likeness (QED) is 0.289. The van der Waals surface area contributed by atoms with Gasteiger partial charge in [0.15, 0.2) is 0 Å². The predicted molar refractivity (Wildman–Crippen MR) is 57.8 cm³/mol. The first-order valence-electron chi connectivity index (χ1n) is 4.40. The summed E-state index contributed by atoms with van der Waals surface area (Å²) in [6, 6.07) is 8.80. The Morgan fingerprint density at radius 3 is 2.67 bits per heavy atom. The molecular weight excluding hydrogens is 315 g/mol. The molecule has 0 saturated heterocycles. The average Bonchev–Trinajstić information content (AvgIpc) is 2.19. The fraction of sp³-hybridized carbons (Fsp3) is 0.455. The predicted octanol–water partition coefficient (Wildman–Crippen LogP) is -1.30. The molecule has 80 valence electrons. The Morgan fingerprint density at radius 2 is 2.07 bits per heavy atom. The van der Waals surface area contributed by atoms with Crippen molar-refractivity contribution in [2.24, 2.45) is 0 Å². The van der Waals surface area contributed by atoms with Crippen molar-refractivity contribution in [2.45, 2.75) is 12.8 Å². The van der Waals surface area contributed by atoms with Crippen LogP contribution in [0.3, 0.4) is 0 Å². The van der Waals surface area contributed by atoms with Gasteiger partial charge in [0, 0.05) is 19.5 Å². The Hall–Kier alpha value is 0.476. The minimum atomic E-state index is 0. The van der Waals surface area contributed by atoms with E-state index in [2.05, 4.69) is 6.07 Å². The zero-order valence-electron chi connectivity index (χ0n) is 9.25. The van der Waals surface area contributed by atoms with Crippen LogP contribution < -0.4 is 28.7 Å². The second kappa shape index (κ2) is 11.0. The molecule has 0 unspecified atom stereocenters. The maximum absolute atomic E-state index is 5.22. The zero-order valence-corrected chi connectivity index (χ0v) is 12.8. The van der Waals surface area contributed by atoms with Gasteiger partial charge in [-0.05, 0) is 6.42 Å². The molecule has 0 bridgehead atoms. The second-order valence-corrected chi connectivity index (χ2v) is 2.83. The van der Waals surface area contributed by atoms with Crippen LogP contribution in [-0.4, -0.2) is 43.9 Å². The van der Waals surface area contributed by atoms with Crippen molar-refractivity contribution in [2.75, 3.05) is 20.8 Å². The Balaban J connectivity index is 0. The SMILES string of the molecule is COCCCc1c[c-]ccc1OC.[I-].[Mg+2]. The summed E-state index contributed by atoms with van der Waals surface area (Å²) in [5.41, 5.74) is 1.20. The number of hydrogen-bond acceptors (Lipinski definition) is 2. The van der Waals surface area contributed by atoms with E-state index in [1.165, 1.54) is 5.56 Å². The molecule has 0 heterocycles. The van der Waals surface area contributed by atoms with Crippen LogP contribution in [0.2, 0.25) is 0 Å². The minimum Gasteiger partial charge on any atom is -1.00 e. The van der Waals surface area contributed by atoms with Crippen LogP contribution in [0.1, 0.15) is 12.0 Å². The molecule has 15 heavy (non-hydrogen) atoms. The number of methoxy groups -OCH3 is 2. The number of aryl methyl sites for hydroxylation is 1. The molecule has 0 aliphatic heterocycles. The molecule has 0 atom stereocenters. The fourth-order valence-corrected chi connectivity index (χ4v) is 1.25.